The molecular weight excluding hydrogens is 510 g/mol. The predicted octanol–water partition coefficient (Wildman–Crippen LogP) is 4.76. The van der Waals surface area contributed by atoms with Crippen molar-refractivity contribution in [2.75, 3.05) is 27.9 Å². The zero-order chi connectivity index (χ0) is 28.3. The number of amides is 1. The fourth-order valence-corrected chi connectivity index (χ4v) is 5.57. The average Bonchev–Trinajstić information content (AvgIpc) is 3.44. The maximum absolute atomic E-state index is 14.6. The van der Waals surface area contributed by atoms with Crippen molar-refractivity contribution >= 4 is 5.91 Å². The lowest BCUT2D eigenvalue weighted by Crippen LogP contribution is -2.45. The molecule has 8 heteroatoms. The van der Waals surface area contributed by atoms with Crippen molar-refractivity contribution in [2.24, 2.45) is 0 Å². The maximum atomic E-state index is 14.6. The third kappa shape index (κ3) is 5.86. The van der Waals surface area contributed by atoms with Crippen molar-refractivity contribution in [1.82, 2.24) is 4.90 Å². The number of ether oxygens (including phenoxy) is 6. The molecule has 2 heterocycles. The molecule has 40 heavy (non-hydrogen) atoms. The molecule has 0 spiro atoms. The van der Waals surface area contributed by atoms with Crippen molar-refractivity contribution in [3.63, 3.8) is 0 Å². The zero-order valence-corrected chi connectivity index (χ0v) is 23.6. The van der Waals surface area contributed by atoms with Crippen LogP contribution in [0, 0.1) is 0 Å². The molecule has 0 N–H and O–H groups in total. The summed E-state index contributed by atoms with van der Waals surface area (Å²) in [6.07, 6.45) is -1.84. The van der Waals surface area contributed by atoms with Crippen LogP contribution in [0.25, 0.3) is 0 Å². The predicted molar refractivity (Wildman–Crippen MR) is 149 cm³/mol. The van der Waals surface area contributed by atoms with Crippen LogP contribution in [-0.4, -0.2) is 69.1 Å². The summed E-state index contributed by atoms with van der Waals surface area (Å²) in [6, 6.07) is 25.3. The number of methoxy groups -OCH3 is 3. The minimum atomic E-state index is -0.769. The third-order valence-corrected chi connectivity index (χ3v) is 7.44. The van der Waals surface area contributed by atoms with Crippen LogP contribution in [0.5, 0.6) is 11.5 Å². The van der Waals surface area contributed by atoms with Crippen LogP contribution in [0.2, 0.25) is 0 Å². The maximum Gasteiger partial charge on any atom is 0.234 e. The van der Waals surface area contributed by atoms with Gasteiger partial charge in [0.25, 0.3) is 0 Å². The molecule has 3 aromatic rings. The molecule has 0 radical (unpaired) electrons. The molecule has 2 aliphatic heterocycles. The van der Waals surface area contributed by atoms with Gasteiger partial charge in [-0.15, -0.1) is 0 Å². The number of nitrogens with zero attached hydrogens (tertiary/aromatic N) is 1. The van der Waals surface area contributed by atoms with E-state index in [2.05, 4.69) is 0 Å². The normalized spacial score (nSPS) is 23.1. The molecule has 0 bridgehead atoms. The number of carbonyl (C=O) groups is 1. The molecule has 5 rings (SSSR count). The first kappa shape index (κ1) is 28.1. The third-order valence-electron chi connectivity index (χ3n) is 7.44. The van der Waals surface area contributed by atoms with E-state index in [1.165, 1.54) is 0 Å². The molecule has 212 valence electrons. The highest BCUT2D eigenvalue weighted by Crippen LogP contribution is 2.39. The molecular formula is C32H37NO7. The Labute approximate surface area is 235 Å². The van der Waals surface area contributed by atoms with Crippen LogP contribution >= 0.6 is 0 Å². The number of hydrogen-bond donors (Lipinski definition) is 0. The van der Waals surface area contributed by atoms with E-state index >= 15 is 0 Å². The first-order valence-electron chi connectivity index (χ1n) is 13.5. The monoisotopic (exact) mass is 547 g/mol. The van der Waals surface area contributed by atoms with E-state index in [1.807, 2.05) is 97.6 Å². The number of hydrogen-bond acceptors (Lipinski definition) is 7. The molecule has 2 aliphatic rings. The van der Waals surface area contributed by atoms with Gasteiger partial charge in [0.1, 0.15) is 29.8 Å². The van der Waals surface area contributed by atoms with Gasteiger partial charge in [0, 0.05) is 25.3 Å². The molecule has 8 nitrogen and oxygen atoms in total. The van der Waals surface area contributed by atoms with Gasteiger partial charge < -0.3 is 33.3 Å². The van der Waals surface area contributed by atoms with Gasteiger partial charge in [0.05, 0.1) is 26.7 Å². The quantitative estimate of drug-likeness (QED) is 0.362. The van der Waals surface area contributed by atoms with Gasteiger partial charge in [-0.3, -0.25) is 4.79 Å². The lowest BCUT2D eigenvalue weighted by Gasteiger charge is -2.33. The van der Waals surface area contributed by atoms with Gasteiger partial charge in [-0.2, -0.15) is 0 Å². The minimum absolute atomic E-state index is 0.0621. The van der Waals surface area contributed by atoms with E-state index in [9.17, 15) is 4.79 Å². The topological polar surface area (TPSA) is 75.7 Å². The van der Waals surface area contributed by atoms with Crippen LogP contribution in [0.3, 0.4) is 0 Å². The van der Waals surface area contributed by atoms with Crippen LogP contribution in [0.1, 0.15) is 36.5 Å². The standard InChI is InChI=1S/C32H37NO7/c1-32(2)39-29-28(37-5)26(38-31(29)40-32)20-33(19-23-16-17-24(35-3)18-25(23)36-4)30(34)27(21-12-8-6-9-13-21)22-14-10-7-11-15-22/h6-18,26-29,31H,19-20H2,1-5H3/t26-,28+,29-,31-/m1/s1. The lowest BCUT2D eigenvalue weighted by molar-refractivity contribution is -0.218. The van der Waals surface area contributed by atoms with Gasteiger partial charge in [0.2, 0.25) is 5.91 Å². The zero-order valence-electron chi connectivity index (χ0n) is 23.6. The molecule has 0 aromatic heterocycles. The van der Waals surface area contributed by atoms with Crippen molar-refractivity contribution in [3.8, 4) is 11.5 Å². The van der Waals surface area contributed by atoms with E-state index in [4.69, 9.17) is 28.4 Å². The Kier molecular flexibility index (Phi) is 8.42. The van der Waals surface area contributed by atoms with E-state index in [1.54, 1.807) is 21.3 Å². The molecule has 0 aliphatic carbocycles. The molecule has 2 fully saturated rings. The molecule has 0 saturated carbocycles. The minimum Gasteiger partial charge on any atom is -0.497 e. The van der Waals surface area contributed by atoms with Crippen molar-refractivity contribution in [2.45, 2.75) is 56.7 Å². The van der Waals surface area contributed by atoms with Gasteiger partial charge in [-0.1, -0.05) is 60.7 Å². The van der Waals surface area contributed by atoms with Crippen LogP contribution in [-0.2, 0) is 30.3 Å². The summed E-state index contributed by atoms with van der Waals surface area (Å²) in [4.78, 5) is 16.4. The van der Waals surface area contributed by atoms with Crippen LogP contribution < -0.4 is 9.47 Å². The van der Waals surface area contributed by atoms with E-state index < -0.39 is 36.3 Å². The highest BCUT2D eigenvalue weighted by atomic mass is 16.8. The Morgan fingerprint density at radius 1 is 0.900 bits per heavy atom. The summed E-state index contributed by atoms with van der Waals surface area (Å²) < 4.78 is 35.3. The van der Waals surface area contributed by atoms with Crippen LogP contribution in [0.4, 0.5) is 0 Å². The first-order valence-corrected chi connectivity index (χ1v) is 13.5. The first-order chi connectivity index (χ1) is 19.3. The lowest BCUT2D eigenvalue weighted by atomic mass is 9.89. The fraction of sp³-hybridized carbons (Fsp3) is 0.406. The Bertz CT molecular complexity index is 1240. The van der Waals surface area contributed by atoms with E-state index in [-0.39, 0.29) is 12.5 Å². The van der Waals surface area contributed by atoms with E-state index in [0.29, 0.717) is 18.0 Å². The average molecular weight is 548 g/mol. The van der Waals surface area contributed by atoms with Crippen LogP contribution in [0.15, 0.2) is 78.9 Å². The smallest absolute Gasteiger partial charge is 0.234 e. The molecule has 1 amide bonds. The van der Waals surface area contributed by atoms with Crippen molar-refractivity contribution < 1.29 is 33.2 Å². The Morgan fingerprint density at radius 3 is 2.12 bits per heavy atom. The van der Waals surface area contributed by atoms with E-state index in [0.717, 1.165) is 16.7 Å². The number of rotatable bonds is 10. The number of carbonyl (C=O) groups excluding carboxylic acids is 1. The summed E-state index contributed by atoms with van der Waals surface area (Å²) in [5.74, 6) is -0.0374. The molecule has 4 atom stereocenters. The molecule has 0 unspecified atom stereocenters. The highest BCUT2D eigenvalue weighted by molar-refractivity contribution is 5.87. The second kappa shape index (κ2) is 12.0. The molecule has 3 aromatic carbocycles. The Morgan fingerprint density at radius 2 is 1.55 bits per heavy atom. The largest absolute Gasteiger partial charge is 0.497 e. The summed E-state index contributed by atoms with van der Waals surface area (Å²) in [7, 11) is 4.85. The number of benzene rings is 3. The summed E-state index contributed by atoms with van der Waals surface area (Å²) in [5.41, 5.74) is 2.66. The molecule has 2 saturated heterocycles. The summed E-state index contributed by atoms with van der Waals surface area (Å²) in [5, 5.41) is 0. The second-order valence-corrected chi connectivity index (χ2v) is 10.5. The summed E-state index contributed by atoms with van der Waals surface area (Å²) >= 11 is 0. The Hall–Kier alpha value is -3.43. The van der Waals surface area contributed by atoms with Gasteiger partial charge in [-0.05, 0) is 37.1 Å². The number of fused-ring (bicyclic) bond motifs is 1. The Balaban J connectivity index is 1.51. The summed E-state index contributed by atoms with van der Waals surface area (Å²) in [6.45, 7) is 4.27. The van der Waals surface area contributed by atoms with Crippen molar-refractivity contribution in [1.29, 1.82) is 0 Å². The van der Waals surface area contributed by atoms with Gasteiger partial charge >= 0.3 is 0 Å². The second-order valence-electron chi connectivity index (χ2n) is 10.5. The highest BCUT2D eigenvalue weighted by Gasteiger charge is 2.55. The van der Waals surface area contributed by atoms with Gasteiger partial charge in [0.15, 0.2) is 12.1 Å². The van der Waals surface area contributed by atoms with Gasteiger partial charge in [-0.25, -0.2) is 0 Å². The SMILES string of the molecule is COc1ccc(CN(C[C@H]2O[C@@H]3OC(C)(C)O[C@@H]3[C@H]2OC)C(=O)C(c2ccccc2)c2ccccc2)c(OC)c1. The fourth-order valence-electron chi connectivity index (χ4n) is 5.57. The van der Waals surface area contributed by atoms with Crippen molar-refractivity contribution in [3.05, 3.63) is 95.6 Å².